The number of thioether (sulfide) groups is 1. The van der Waals surface area contributed by atoms with Crippen LogP contribution in [0.25, 0.3) is 0 Å². The van der Waals surface area contributed by atoms with Crippen LogP contribution in [0, 0.1) is 5.92 Å². The first-order valence-electron chi connectivity index (χ1n) is 4.32. The summed E-state index contributed by atoms with van der Waals surface area (Å²) < 4.78 is 0. The highest BCUT2D eigenvalue weighted by Crippen LogP contribution is 2.32. The SMILES string of the molecule is CCC1CCC(=O)CC1SC. The number of hydrogen-bond donors (Lipinski definition) is 0. The summed E-state index contributed by atoms with van der Waals surface area (Å²) in [5.41, 5.74) is 0. The zero-order chi connectivity index (χ0) is 8.27. The van der Waals surface area contributed by atoms with Crippen molar-refractivity contribution in [3.8, 4) is 0 Å². The van der Waals surface area contributed by atoms with Gasteiger partial charge in [0.25, 0.3) is 0 Å². The molecule has 0 amide bonds. The molecule has 0 heterocycles. The van der Waals surface area contributed by atoms with E-state index >= 15 is 0 Å². The molecule has 0 saturated heterocycles. The van der Waals surface area contributed by atoms with Gasteiger partial charge in [-0.15, -0.1) is 0 Å². The van der Waals surface area contributed by atoms with Gasteiger partial charge in [-0.3, -0.25) is 4.79 Å². The number of carbonyl (C=O) groups excluding carboxylic acids is 1. The normalized spacial score (nSPS) is 32.4. The molecule has 0 radical (unpaired) electrons. The van der Waals surface area contributed by atoms with E-state index in [4.69, 9.17) is 0 Å². The van der Waals surface area contributed by atoms with Crippen LogP contribution in [0.1, 0.15) is 32.6 Å². The summed E-state index contributed by atoms with van der Waals surface area (Å²) in [4.78, 5) is 11.1. The summed E-state index contributed by atoms with van der Waals surface area (Å²) in [6.07, 6.45) is 6.13. The molecule has 0 N–H and O–H groups in total. The van der Waals surface area contributed by atoms with Crippen molar-refractivity contribution in [2.45, 2.75) is 37.9 Å². The summed E-state index contributed by atoms with van der Waals surface area (Å²) >= 11 is 1.86. The first-order valence-corrected chi connectivity index (χ1v) is 5.61. The van der Waals surface area contributed by atoms with Crippen molar-refractivity contribution < 1.29 is 4.79 Å². The van der Waals surface area contributed by atoms with E-state index in [0.717, 1.165) is 25.2 Å². The zero-order valence-electron chi connectivity index (χ0n) is 7.30. The van der Waals surface area contributed by atoms with E-state index < -0.39 is 0 Å². The lowest BCUT2D eigenvalue weighted by Crippen LogP contribution is -2.26. The van der Waals surface area contributed by atoms with Gasteiger partial charge in [0.2, 0.25) is 0 Å². The molecule has 0 aromatic carbocycles. The van der Waals surface area contributed by atoms with Crippen LogP contribution in [0.3, 0.4) is 0 Å². The fourth-order valence-electron chi connectivity index (χ4n) is 1.77. The summed E-state index contributed by atoms with van der Waals surface area (Å²) in [7, 11) is 0. The van der Waals surface area contributed by atoms with Gasteiger partial charge in [-0.2, -0.15) is 11.8 Å². The summed E-state index contributed by atoms with van der Waals surface area (Å²) in [6.45, 7) is 2.23. The first-order chi connectivity index (χ1) is 5.27. The van der Waals surface area contributed by atoms with E-state index in [1.807, 2.05) is 11.8 Å². The van der Waals surface area contributed by atoms with Gasteiger partial charge in [0.1, 0.15) is 5.78 Å². The van der Waals surface area contributed by atoms with E-state index in [1.54, 1.807) is 0 Å². The number of rotatable bonds is 2. The van der Waals surface area contributed by atoms with Crippen molar-refractivity contribution >= 4 is 17.5 Å². The number of carbonyl (C=O) groups is 1. The molecule has 2 unspecified atom stereocenters. The molecule has 1 rings (SSSR count). The fourth-order valence-corrected chi connectivity index (χ4v) is 2.83. The first kappa shape index (κ1) is 9.11. The second kappa shape index (κ2) is 4.15. The molecule has 2 atom stereocenters. The van der Waals surface area contributed by atoms with Crippen molar-refractivity contribution in [1.82, 2.24) is 0 Å². The molecule has 1 fully saturated rings. The van der Waals surface area contributed by atoms with Gasteiger partial charge in [0.15, 0.2) is 0 Å². The maximum absolute atomic E-state index is 11.1. The van der Waals surface area contributed by atoms with Gasteiger partial charge in [0.05, 0.1) is 0 Å². The molecule has 0 bridgehead atoms. The molecule has 11 heavy (non-hydrogen) atoms. The molecular formula is C9H16OS. The highest BCUT2D eigenvalue weighted by atomic mass is 32.2. The van der Waals surface area contributed by atoms with Crippen LogP contribution in [-0.4, -0.2) is 17.3 Å². The fraction of sp³-hybridized carbons (Fsp3) is 0.889. The van der Waals surface area contributed by atoms with E-state index in [0.29, 0.717) is 11.0 Å². The van der Waals surface area contributed by atoms with Crippen LogP contribution < -0.4 is 0 Å². The molecule has 0 aromatic rings. The van der Waals surface area contributed by atoms with E-state index in [9.17, 15) is 4.79 Å². The molecular weight excluding hydrogens is 156 g/mol. The van der Waals surface area contributed by atoms with Gasteiger partial charge in [0, 0.05) is 18.1 Å². The molecule has 0 aromatic heterocycles. The predicted octanol–water partition coefficient (Wildman–Crippen LogP) is 2.50. The quantitative estimate of drug-likeness (QED) is 0.636. The minimum atomic E-state index is 0.467. The van der Waals surface area contributed by atoms with Crippen LogP contribution in [-0.2, 0) is 4.79 Å². The maximum atomic E-state index is 11.1. The highest BCUT2D eigenvalue weighted by Gasteiger charge is 2.26. The summed E-state index contributed by atoms with van der Waals surface area (Å²) in [5, 5.41) is 0.612. The largest absolute Gasteiger partial charge is 0.300 e. The Morgan fingerprint density at radius 3 is 2.91 bits per heavy atom. The van der Waals surface area contributed by atoms with Gasteiger partial charge >= 0.3 is 0 Å². The molecule has 0 spiro atoms. The van der Waals surface area contributed by atoms with Crippen molar-refractivity contribution in [3.05, 3.63) is 0 Å². The van der Waals surface area contributed by atoms with Crippen LogP contribution in [0.5, 0.6) is 0 Å². The molecule has 1 aliphatic carbocycles. The Morgan fingerprint density at radius 1 is 1.64 bits per heavy atom. The van der Waals surface area contributed by atoms with Crippen LogP contribution >= 0.6 is 11.8 Å². The second-order valence-electron chi connectivity index (χ2n) is 3.22. The van der Waals surface area contributed by atoms with Crippen LogP contribution in [0.15, 0.2) is 0 Å². The predicted molar refractivity (Wildman–Crippen MR) is 49.9 cm³/mol. The van der Waals surface area contributed by atoms with Crippen molar-refractivity contribution in [2.24, 2.45) is 5.92 Å². The lowest BCUT2D eigenvalue weighted by Gasteiger charge is -2.28. The number of Topliss-reactive ketones (excluding diaryl/α,β-unsaturated/α-hetero) is 1. The molecule has 0 aliphatic heterocycles. The third kappa shape index (κ3) is 2.22. The monoisotopic (exact) mass is 172 g/mol. The standard InChI is InChI=1S/C9H16OS/c1-3-7-4-5-8(10)6-9(7)11-2/h7,9H,3-6H2,1-2H3. The summed E-state index contributed by atoms with van der Waals surface area (Å²) in [5.74, 6) is 1.26. The zero-order valence-corrected chi connectivity index (χ0v) is 8.12. The molecule has 2 heteroatoms. The average Bonchev–Trinajstić information content (AvgIpc) is 2.04. The lowest BCUT2D eigenvalue weighted by atomic mass is 9.86. The number of ketones is 1. The average molecular weight is 172 g/mol. The minimum Gasteiger partial charge on any atom is -0.300 e. The molecule has 1 nitrogen and oxygen atoms in total. The van der Waals surface area contributed by atoms with Gasteiger partial charge < -0.3 is 0 Å². The van der Waals surface area contributed by atoms with Crippen molar-refractivity contribution in [3.63, 3.8) is 0 Å². The van der Waals surface area contributed by atoms with E-state index in [-0.39, 0.29) is 0 Å². The topological polar surface area (TPSA) is 17.1 Å². The van der Waals surface area contributed by atoms with Gasteiger partial charge in [-0.05, 0) is 18.6 Å². The van der Waals surface area contributed by atoms with Gasteiger partial charge in [-0.25, -0.2) is 0 Å². The lowest BCUT2D eigenvalue weighted by molar-refractivity contribution is -0.120. The Balaban J connectivity index is 2.48. The van der Waals surface area contributed by atoms with Crippen LogP contribution in [0.4, 0.5) is 0 Å². The molecule has 1 aliphatic rings. The Labute approximate surface area is 72.9 Å². The maximum Gasteiger partial charge on any atom is 0.134 e. The second-order valence-corrected chi connectivity index (χ2v) is 4.30. The third-order valence-electron chi connectivity index (χ3n) is 2.58. The Hall–Kier alpha value is 0.0200. The van der Waals surface area contributed by atoms with Gasteiger partial charge in [-0.1, -0.05) is 13.3 Å². The van der Waals surface area contributed by atoms with Crippen LogP contribution in [0.2, 0.25) is 0 Å². The van der Waals surface area contributed by atoms with Crippen molar-refractivity contribution in [2.75, 3.05) is 6.26 Å². The molecule has 1 saturated carbocycles. The molecule has 64 valence electrons. The van der Waals surface area contributed by atoms with Crippen molar-refractivity contribution in [1.29, 1.82) is 0 Å². The highest BCUT2D eigenvalue weighted by molar-refractivity contribution is 7.99. The number of hydrogen-bond acceptors (Lipinski definition) is 2. The smallest absolute Gasteiger partial charge is 0.134 e. The Bertz CT molecular complexity index is 144. The third-order valence-corrected chi connectivity index (χ3v) is 3.73. The van der Waals surface area contributed by atoms with E-state index in [1.165, 1.54) is 6.42 Å². The minimum absolute atomic E-state index is 0.467. The Kier molecular flexibility index (Phi) is 3.44. The van der Waals surface area contributed by atoms with E-state index in [2.05, 4.69) is 13.2 Å². The Morgan fingerprint density at radius 2 is 2.36 bits per heavy atom. The summed E-state index contributed by atoms with van der Waals surface area (Å²) in [6, 6.07) is 0.